The number of aliphatic hydroxyl groups excluding tert-OH is 2. The quantitative estimate of drug-likeness (QED) is 0.0660. The maximum Gasteiger partial charge on any atom is 0.335 e. The van der Waals surface area contributed by atoms with Crippen molar-refractivity contribution in [3.05, 3.63) is 107 Å². The fourth-order valence-corrected chi connectivity index (χ4v) is 6.89. The molecule has 0 amide bonds. The minimum Gasteiger partial charge on any atom is -0.504 e. The Morgan fingerprint density at radius 2 is 1.00 bits per heavy atom. The van der Waals surface area contributed by atoms with Gasteiger partial charge in [-0.1, -0.05) is 24.3 Å². The number of ketones is 2. The van der Waals surface area contributed by atoms with Crippen LogP contribution in [0.25, 0.3) is 12.2 Å². The number of carbonyl (C=O) groups is 4. The number of phenols is 2. The Kier molecular flexibility index (Phi) is 17.1. The van der Waals surface area contributed by atoms with Crippen LogP contribution in [-0.2, 0) is 32.3 Å². The number of carbonyl (C=O) groups excluding carboxylic acids is 2. The molecule has 0 bridgehead atoms. The summed E-state index contributed by atoms with van der Waals surface area (Å²) in [6.07, 6.45) is 4.77. The molecule has 2 saturated heterocycles. The summed E-state index contributed by atoms with van der Waals surface area (Å²) in [4.78, 5) is 63.1. The maximum atomic E-state index is 12.8. The number of aromatic hydroxyl groups is 2. The number of allylic oxidation sites excluding steroid dienone is 2. The van der Waals surface area contributed by atoms with Gasteiger partial charge in [0.15, 0.2) is 46.8 Å². The maximum absolute atomic E-state index is 12.8. The molecule has 6 N–H and O–H groups in total. The Hall–Kier alpha value is -6.86. The summed E-state index contributed by atoms with van der Waals surface area (Å²) in [5.41, 5.74) is 2.74. The number of anilines is 2. The van der Waals surface area contributed by atoms with Crippen molar-refractivity contribution < 1.29 is 59.3 Å². The lowest BCUT2D eigenvalue weighted by Crippen LogP contribution is -2.46. The van der Waals surface area contributed by atoms with Gasteiger partial charge in [-0.25, -0.2) is 19.6 Å². The van der Waals surface area contributed by atoms with Crippen LogP contribution in [0.2, 0.25) is 0 Å². The van der Waals surface area contributed by atoms with E-state index in [1.165, 1.54) is 26.4 Å². The number of piperazine rings is 2. The number of methoxy groups -OCH3 is 2. The summed E-state index contributed by atoms with van der Waals surface area (Å²) < 4.78 is 10.9. The number of hydrogen-bond donors (Lipinski definition) is 6. The molecule has 63 heavy (non-hydrogen) atoms. The first-order valence-electron chi connectivity index (χ1n) is 20.1. The van der Waals surface area contributed by atoms with E-state index in [0.29, 0.717) is 46.8 Å². The van der Waals surface area contributed by atoms with Crippen LogP contribution in [0.5, 0.6) is 23.0 Å². The summed E-state index contributed by atoms with van der Waals surface area (Å²) >= 11 is 0. The minimum absolute atomic E-state index is 0.0700. The van der Waals surface area contributed by atoms with Crippen LogP contribution in [0, 0.1) is 0 Å². The lowest BCUT2D eigenvalue weighted by atomic mass is 10.0. The zero-order valence-electron chi connectivity index (χ0n) is 35.0. The molecule has 2 fully saturated rings. The summed E-state index contributed by atoms with van der Waals surface area (Å²) in [6, 6.07) is 18.8. The normalized spacial score (nSPS) is 15.7. The lowest BCUT2D eigenvalue weighted by molar-refractivity contribution is -0.165. The molecule has 334 valence electrons. The molecule has 4 heterocycles. The smallest absolute Gasteiger partial charge is 0.335 e. The van der Waals surface area contributed by atoms with Crippen molar-refractivity contribution in [2.24, 2.45) is 0 Å². The largest absolute Gasteiger partial charge is 0.504 e. The van der Waals surface area contributed by atoms with E-state index in [9.17, 15) is 29.4 Å². The Labute approximate surface area is 364 Å². The van der Waals surface area contributed by atoms with E-state index in [0.717, 1.165) is 64.0 Å². The number of nitrogens with zero attached hydrogens (tertiary/aromatic N) is 6. The van der Waals surface area contributed by atoms with E-state index in [4.69, 9.17) is 29.9 Å². The summed E-state index contributed by atoms with van der Waals surface area (Å²) in [6.45, 7) is 7.51. The van der Waals surface area contributed by atoms with Gasteiger partial charge >= 0.3 is 11.9 Å². The predicted octanol–water partition coefficient (Wildman–Crippen LogP) is 2.68. The molecule has 0 radical (unpaired) electrons. The minimum atomic E-state index is -2.27. The highest BCUT2D eigenvalue weighted by molar-refractivity contribution is 6.11. The number of carboxylic acids is 2. The van der Waals surface area contributed by atoms with Crippen LogP contribution in [-0.4, -0.2) is 153 Å². The third kappa shape index (κ3) is 13.6. The first-order valence-corrected chi connectivity index (χ1v) is 20.1. The van der Waals surface area contributed by atoms with Gasteiger partial charge in [-0.3, -0.25) is 19.4 Å². The van der Waals surface area contributed by atoms with Crippen LogP contribution < -0.4 is 19.3 Å². The van der Waals surface area contributed by atoms with Crippen molar-refractivity contribution >= 4 is 47.3 Å². The van der Waals surface area contributed by atoms with Crippen LogP contribution in [0.15, 0.2) is 85.2 Å². The van der Waals surface area contributed by atoms with Gasteiger partial charge in [0.1, 0.15) is 11.6 Å². The molecule has 4 aromatic rings. The van der Waals surface area contributed by atoms with Gasteiger partial charge in [0.25, 0.3) is 0 Å². The van der Waals surface area contributed by atoms with Crippen LogP contribution in [0.4, 0.5) is 11.6 Å². The second kappa shape index (κ2) is 22.8. The summed E-state index contributed by atoms with van der Waals surface area (Å²) in [7, 11) is 2.98. The van der Waals surface area contributed by atoms with E-state index < -0.39 is 24.1 Å². The molecule has 18 nitrogen and oxygen atoms in total. The zero-order valence-corrected chi connectivity index (χ0v) is 35.0. The van der Waals surface area contributed by atoms with Crippen molar-refractivity contribution in [1.29, 1.82) is 0 Å². The highest BCUT2D eigenvalue weighted by atomic mass is 16.5. The Morgan fingerprint density at radius 1 is 0.619 bits per heavy atom. The van der Waals surface area contributed by atoms with E-state index in [1.807, 2.05) is 48.5 Å². The molecule has 2 atom stereocenters. The number of rotatable bonds is 17. The fraction of sp³-hybridized carbons (Fsp3) is 0.333. The van der Waals surface area contributed by atoms with Crippen LogP contribution in [0.3, 0.4) is 0 Å². The van der Waals surface area contributed by atoms with Gasteiger partial charge in [0, 0.05) is 89.0 Å². The average Bonchev–Trinajstić information content (AvgIpc) is 3.30. The number of pyridine rings is 2. The van der Waals surface area contributed by atoms with Crippen LogP contribution in [0.1, 0.15) is 28.7 Å². The molecular formula is C45H52N6O12. The number of phenolic OH excluding ortho intramolecular Hbond substituents is 2. The number of aromatic nitrogens is 2. The number of carboxylic acid groups (broad SMARTS) is 2. The van der Waals surface area contributed by atoms with Crippen molar-refractivity contribution in [3.63, 3.8) is 0 Å². The van der Waals surface area contributed by atoms with Gasteiger partial charge < -0.3 is 49.9 Å². The SMILES string of the molecule is COc1cc(/C=C/C(=O)CC(=O)/C=C/c2cc(CN3CCN(c4ccccn4)CC3)c(O)c(OC)c2)cc(CN2CCN(c3ccccn3)CC2)c1O.O=C(O)C(O)C(O)C(=O)O. The van der Waals surface area contributed by atoms with Crippen LogP contribution >= 0.6 is 0 Å². The van der Waals surface area contributed by atoms with Crippen molar-refractivity contribution in [2.45, 2.75) is 31.7 Å². The van der Waals surface area contributed by atoms with Crippen molar-refractivity contribution in [1.82, 2.24) is 19.8 Å². The highest BCUT2D eigenvalue weighted by Crippen LogP contribution is 2.34. The molecule has 2 unspecified atom stereocenters. The number of aliphatic hydroxyl groups is 2. The van der Waals surface area contributed by atoms with Gasteiger partial charge in [-0.2, -0.15) is 0 Å². The van der Waals surface area contributed by atoms with Gasteiger partial charge in [0.05, 0.1) is 20.6 Å². The Balaban J connectivity index is 0.000000667. The van der Waals surface area contributed by atoms with Gasteiger partial charge in [-0.15, -0.1) is 0 Å². The molecule has 2 aliphatic heterocycles. The molecule has 2 aliphatic rings. The molecule has 0 spiro atoms. The fourth-order valence-electron chi connectivity index (χ4n) is 6.89. The topological polar surface area (TPSA) is 247 Å². The molecule has 2 aromatic heterocycles. The van der Waals surface area contributed by atoms with Gasteiger partial charge in [-0.05, 0) is 71.8 Å². The van der Waals surface area contributed by atoms with Crippen molar-refractivity contribution in [3.8, 4) is 23.0 Å². The number of aliphatic carboxylic acids is 2. The van der Waals surface area contributed by atoms with Gasteiger partial charge in [0.2, 0.25) is 0 Å². The average molecular weight is 869 g/mol. The van der Waals surface area contributed by atoms with E-state index >= 15 is 0 Å². The van der Waals surface area contributed by atoms with E-state index in [1.54, 1.807) is 36.7 Å². The van der Waals surface area contributed by atoms with E-state index in [-0.39, 0.29) is 29.5 Å². The molecule has 0 saturated carbocycles. The van der Waals surface area contributed by atoms with Crippen molar-refractivity contribution in [2.75, 3.05) is 76.4 Å². The first kappa shape index (κ1) is 47.2. The lowest BCUT2D eigenvalue weighted by Gasteiger charge is -2.35. The molecule has 0 aliphatic carbocycles. The molecule has 18 heteroatoms. The number of benzene rings is 2. The molecule has 6 rings (SSSR count). The van der Waals surface area contributed by atoms with E-state index in [2.05, 4.69) is 29.6 Å². The summed E-state index contributed by atoms with van der Waals surface area (Å²) in [5.74, 6) is -1.57. The second-order valence-corrected chi connectivity index (χ2v) is 14.7. The number of ether oxygens (including phenoxy) is 2. The number of hydrogen-bond acceptors (Lipinski definition) is 16. The monoisotopic (exact) mass is 868 g/mol. The summed E-state index contributed by atoms with van der Waals surface area (Å²) in [5, 5.41) is 54.3. The second-order valence-electron chi connectivity index (χ2n) is 14.7. The zero-order chi connectivity index (χ0) is 45.5. The molecular weight excluding hydrogens is 817 g/mol. The standard InChI is InChI=1S/C41H46N6O6.C4H6O6/c1-52-36-25-30(23-32(40(36)50)28-44-15-19-46(20-16-44)38-7-3-5-13-42-38)9-11-34(48)27-35(49)12-10-31-24-33(41(51)37(26-31)53-2)29-45-17-21-47(22-18-45)39-8-4-6-14-43-39;5-1(3(7)8)2(6)4(9)10/h3-14,23-26,50-51H,15-22,27-29H2,1-2H3;1-2,5-6H,(H,7,8)(H,9,10)/b11-9+,12-10+;. The highest BCUT2D eigenvalue weighted by Gasteiger charge is 2.29. The predicted molar refractivity (Wildman–Crippen MR) is 233 cm³/mol. The molecule has 2 aromatic carbocycles. The third-order valence-electron chi connectivity index (χ3n) is 10.3. The first-order chi connectivity index (χ1) is 30.3. The third-order valence-corrected chi connectivity index (χ3v) is 10.3. The Bertz CT molecular complexity index is 2090. The Morgan fingerprint density at radius 3 is 1.32 bits per heavy atom.